The van der Waals surface area contributed by atoms with Gasteiger partial charge in [0.2, 0.25) is 17.6 Å². The van der Waals surface area contributed by atoms with Crippen LogP contribution >= 0.6 is 0 Å². The number of esters is 1. The van der Waals surface area contributed by atoms with Gasteiger partial charge < -0.3 is 4.74 Å². The molecule has 1 heterocycles. The highest BCUT2D eigenvalue weighted by Crippen LogP contribution is 2.40. The van der Waals surface area contributed by atoms with Crippen molar-refractivity contribution in [3.8, 4) is 0 Å². The van der Waals surface area contributed by atoms with Gasteiger partial charge in [-0.3, -0.25) is 19.3 Å². The molecule has 0 N–H and O–H groups in total. The maximum Gasteiger partial charge on any atom is 0.338 e. The van der Waals surface area contributed by atoms with Crippen molar-refractivity contribution in [2.45, 2.75) is 26.4 Å². The second-order valence-electron chi connectivity index (χ2n) is 8.00. The van der Waals surface area contributed by atoms with E-state index in [1.165, 1.54) is 24.0 Å². The monoisotopic (exact) mass is 417 g/mol. The fraction of sp³-hybridized carbons (Fsp3) is 0.280. The van der Waals surface area contributed by atoms with Crippen molar-refractivity contribution in [2.75, 3.05) is 4.90 Å². The highest BCUT2D eigenvalue weighted by molar-refractivity contribution is 6.22. The summed E-state index contributed by atoms with van der Waals surface area (Å²) in [6.07, 6.45) is 3.48. The Balaban J connectivity index is 1.52. The number of ketones is 1. The molecule has 2 aliphatic rings. The van der Waals surface area contributed by atoms with Crippen LogP contribution in [0.2, 0.25) is 0 Å². The number of Topliss-reactive ketones (excluding diaryl/α,β-unsaturated/α-hetero) is 1. The maximum absolute atomic E-state index is 13.0. The molecule has 6 heteroatoms. The lowest BCUT2D eigenvalue weighted by atomic mass is 9.78. The first kappa shape index (κ1) is 20.7. The molecule has 0 spiro atoms. The first-order valence-corrected chi connectivity index (χ1v) is 10.3. The van der Waals surface area contributed by atoms with Crippen LogP contribution in [0.3, 0.4) is 0 Å². The van der Waals surface area contributed by atoms with E-state index in [1.54, 1.807) is 42.5 Å². The lowest BCUT2D eigenvalue weighted by Crippen LogP contribution is -2.32. The third kappa shape index (κ3) is 3.81. The molecule has 0 unspecified atom stereocenters. The SMILES string of the molecule is C[C@H](OC(=O)c1cccc(N2C(=O)[C@H]3[C@H](C)C=CC[C@@H]3C2=O)c1)C(=O)c1ccccc1. The summed E-state index contributed by atoms with van der Waals surface area (Å²) in [5.74, 6) is -2.25. The normalized spacial score (nSPS) is 23.4. The van der Waals surface area contributed by atoms with Gasteiger partial charge in [-0.05, 0) is 37.5 Å². The van der Waals surface area contributed by atoms with E-state index in [1.807, 2.05) is 19.1 Å². The van der Waals surface area contributed by atoms with E-state index in [9.17, 15) is 19.2 Å². The predicted octanol–water partition coefficient (Wildman–Crippen LogP) is 3.82. The number of nitrogens with zero attached hydrogens (tertiary/aromatic N) is 1. The van der Waals surface area contributed by atoms with Crippen LogP contribution in [0, 0.1) is 17.8 Å². The van der Waals surface area contributed by atoms with Crippen LogP contribution in [0.4, 0.5) is 5.69 Å². The zero-order valence-corrected chi connectivity index (χ0v) is 17.4. The van der Waals surface area contributed by atoms with E-state index >= 15 is 0 Å². The fourth-order valence-corrected chi connectivity index (χ4v) is 4.29. The molecule has 2 aromatic rings. The van der Waals surface area contributed by atoms with Gasteiger partial charge in [-0.25, -0.2) is 4.79 Å². The molecule has 1 aliphatic carbocycles. The van der Waals surface area contributed by atoms with Crippen LogP contribution in [0.5, 0.6) is 0 Å². The largest absolute Gasteiger partial charge is 0.451 e. The molecule has 0 bridgehead atoms. The molecule has 0 aromatic heterocycles. The average Bonchev–Trinajstić information content (AvgIpc) is 3.04. The van der Waals surface area contributed by atoms with Crippen molar-refractivity contribution in [1.82, 2.24) is 0 Å². The highest BCUT2D eigenvalue weighted by atomic mass is 16.5. The smallest absolute Gasteiger partial charge is 0.338 e. The standard InChI is InChI=1S/C25H23NO5/c1-15-8-6-13-20-21(15)24(29)26(23(20)28)19-12-7-11-18(14-19)25(30)31-16(2)22(27)17-9-4-3-5-10-17/h3-12,14-16,20-21H,13H2,1-2H3/t15-,16+,20+,21+/m1/s1. The summed E-state index contributed by atoms with van der Waals surface area (Å²) in [6, 6.07) is 14.8. The summed E-state index contributed by atoms with van der Waals surface area (Å²) in [4.78, 5) is 52.2. The maximum atomic E-state index is 13.0. The van der Waals surface area contributed by atoms with Crippen molar-refractivity contribution in [3.63, 3.8) is 0 Å². The quantitative estimate of drug-likeness (QED) is 0.320. The lowest BCUT2D eigenvalue weighted by Gasteiger charge is -2.22. The Morgan fingerprint density at radius 3 is 2.42 bits per heavy atom. The van der Waals surface area contributed by atoms with Gasteiger partial charge in [0, 0.05) is 5.56 Å². The molecule has 1 fully saturated rings. The summed E-state index contributed by atoms with van der Waals surface area (Å²) < 4.78 is 5.35. The first-order valence-electron chi connectivity index (χ1n) is 10.3. The number of hydrogen-bond acceptors (Lipinski definition) is 5. The van der Waals surface area contributed by atoms with Gasteiger partial charge in [0.25, 0.3) is 0 Å². The molecule has 158 valence electrons. The van der Waals surface area contributed by atoms with Gasteiger partial charge in [-0.2, -0.15) is 0 Å². The van der Waals surface area contributed by atoms with E-state index in [0.29, 0.717) is 17.7 Å². The van der Waals surface area contributed by atoms with Crippen LogP contribution in [0.25, 0.3) is 0 Å². The number of imide groups is 1. The Bertz CT molecular complexity index is 1070. The molecular formula is C25H23NO5. The Hall–Kier alpha value is -3.54. The molecule has 4 rings (SSSR count). The van der Waals surface area contributed by atoms with Gasteiger partial charge in [-0.1, -0.05) is 55.5 Å². The summed E-state index contributed by atoms with van der Waals surface area (Å²) in [7, 11) is 0. The van der Waals surface area contributed by atoms with E-state index in [2.05, 4.69) is 0 Å². The second kappa shape index (κ2) is 8.30. The molecule has 2 amide bonds. The topological polar surface area (TPSA) is 80.8 Å². The van der Waals surface area contributed by atoms with Crippen LogP contribution in [0.1, 0.15) is 41.0 Å². The molecule has 1 aliphatic heterocycles. The van der Waals surface area contributed by atoms with Crippen molar-refractivity contribution in [2.24, 2.45) is 17.8 Å². The number of carbonyl (C=O) groups is 4. The Kier molecular flexibility index (Phi) is 5.55. The third-order valence-corrected chi connectivity index (χ3v) is 5.92. The zero-order chi connectivity index (χ0) is 22.1. The minimum Gasteiger partial charge on any atom is -0.451 e. The van der Waals surface area contributed by atoms with Gasteiger partial charge in [0.15, 0.2) is 6.10 Å². The van der Waals surface area contributed by atoms with Gasteiger partial charge in [0.05, 0.1) is 23.1 Å². The number of carbonyl (C=O) groups excluding carboxylic acids is 4. The van der Waals surface area contributed by atoms with Crippen molar-refractivity contribution >= 4 is 29.3 Å². The summed E-state index contributed by atoms with van der Waals surface area (Å²) >= 11 is 0. The molecular weight excluding hydrogens is 394 g/mol. The highest BCUT2D eigenvalue weighted by Gasteiger charge is 2.50. The molecule has 0 saturated carbocycles. The number of benzene rings is 2. The van der Waals surface area contributed by atoms with Crippen LogP contribution < -0.4 is 4.90 Å². The number of amides is 2. The summed E-state index contributed by atoms with van der Waals surface area (Å²) in [5.41, 5.74) is 0.968. The van der Waals surface area contributed by atoms with Gasteiger partial charge in [0.1, 0.15) is 0 Å². The van der Waals surface area contributed by atoms with Gasteiger partial charge >= 0.3 is 5.97 Å². The molecule has 6 nitrogen and oxygen atoms in total. The molecule has 0 radical (unpaired) electrons. The van der Waals surface area contributed by atoms with Gasteiger partial charge in [-0.15, -0.1) is 0 Å². The number of anilines is 1. The lowest BCUT2D eigenvalue weighted by molar-refractivity contribution is -0.122. The fourth-order valence-electron chi connectivity index (χ4n) is 4.29. The van der Waals surface area contributed by atoms with E-state index in [0.717, 1.165) is 0 Å². The van der Waals surface area contributed by atoms with Crippen LogP contribution in [-0.4, -0.2) is 29.7 Å². The first-order chi connectivity index (χ1) is 14.9. The molecule has 1 saturated heterocycles. The predicted molar refractivity (Wildman–Crippen MR) is 114 cm³/mol. The minimum atomic E-state index is -0.969. The zero-order valence-electron chi connectivity index (χ0n) is 17.4. The number of allylic oxidation sites excluding steroid dienone is 2. The molecule has 2 aromatic carbocycles. The number of ether oxygens (including phenoxy) is 1. The summed E-state index contributed by atoms with van der Waals surface area (Å²) in [6.45, 7) is 3.45. The number of fused-ring (bicyclic) bond motifs is 1. The minimum absolute atomic E-state index is 0.0156. The van der Waals surface area contributed by atoms with Crippen LogP contribution in [-0.2, 0) is 14.3 Å². The Morgan fingerprint density at radius 2 is 1.71 bits per heavy atom. The number of rotatable bonds is 5. The Labute approximate surface area is 180 Å². The van der Waals surface area contributed by atoms with Crippen molar-refractivity contribution < 1.29 is 23.9 Å². The third-order valence-electron chi connectivity index (χ3n) is 5.92. The second-order valence-corrected chi connectivity index (χ2v) is 8.00. The van der Waals surface area contributed by atoms with E-state index < -0.39 is 12.1 Å². The summed E-state index contributed by atoms with van der Waals surface area (Å²) in [5, 5.41) is 0. The molecule has 31 heavy (non-hydrogen) atoms. The van der Waals surface area contributed by atoms with Crippen molar-refractivity contribution in [1.29, 1.82) is 0 Å². The average molecular weight is 417 g/mol. The van der Waals surface area contributed by atoms with Crippen LogP contribution in [0.15, 0.2) is 66.7 Å². The van der Waals surface area contributed by atoms with E-state index in [-0.39, 0.29) is 40.9 Å². The van der Waals surface area contributed by atoms with E-state index in [4.69, 9.17) is 4.74 Å². The number of hydrogen-bond donors (Lipinski definition) is 0. The Morgan fingerprint density at radius 1 is 1.00 bits per heavy atom. The molecule has 4 atom stereocenters. The van der Waals surface area contributed by atoms with Crippen molar-refractivity contribution in [3.05, 3.63) is 77.9 Å².